The van der Waals surface area contributed by atoms with Gasteiger partial charge in [0.15, 0.2) is 0 Å². The van der Waals surface area contributed by atoms with Gasteiger partial charge >= 0.3 is 0 Å². The molecule has 0 fully saturated rings. The standard InChI is InChI=1S/C10H20N4O2/c1-10(2,15)7-14-9(4-5-16-3)8(6-11)12-13-14/h15H,4-7,11H2,1-3H3. The zero-order valence-electron chi connectivity index (χ0n) is 10.1. The van der Waals surface area contributed by atoms with Gasteiger partial charge in [-0.3, -0.25) is 0 Å². The van der Waals surface area contributed by atoms with Gasteiger partial charge in [-0.05, 0) is 13.8 Å². The predicted molar refractivity (Wildman–Crippen MR) is 59.8 cm³/mol. The second-order valence-corrected chi connectivity index (χ2v) is 4.40. The third kappa shape index (κ3) is 3.55. The van der Waals surface area contributed by atoms with Crippen LogP contribution in [0.5, 0.6) is 0 Å². The van der Waals surface area contributed by atoms with Crippen molar-refractivity contribution in [3.63, 3.8) is 0 Å². The molecule has 16 heavy (non-hydrogen) atoms. The van der Waals surface area contributed by atoms with Crippen LogP contribution in [0.1, 0.15) is 25.2 Å². The summed E-state index contributed by atoms with van der Waals surface area (Å²) in [4.78, 5) is 0. The van der Waals surface area contributed by atoms with E-state index in [1.807, 2.05) is 0 Å². The predicted octanol–water partition coefficient (Wildman–Crippen LogP) is -0.303. The van der Waals surface area contributed by atoms with Gasteiger partial charge in [-0.1, -0.05) is 5.21 Å². The molecule has 0 aliphatic rings. The second kappa shape index (κ2) is 5.38. The largest absolute Gasteiger partial charge is 0.389 e. The lowest BCUT2D eigenvalue weighted by Gasteiger charge is -2.18. The molecular weight excluding hydrogens is 208 g/mol. The Morgan fingerprint density at radius 1 is 1.50 bits per heavy atom. The summed E-state index contributed by atoms with van der Waals surface area (Å²) in [6, 6.07) is 0. The molecule has 0 radical (unpaired) electrons. The molecule has 3 N–H and O–H groups in total. The smallest absolute Gasteiger partial charge is 0.0995 e. The first-order valence-corrected chi connectivity index (χ1v) is 5.30. The van der Waals surface area contributed by atoms with E-state index < -0.39 is 5.60 Å². The van der Waals surface area contributed by atoms with Crippen LogP contribution >= 0.6 is 0 Å². The Morgan fingerprint density at radius 2 is 2.19 bits per heavy atom. The Balaban J connectivity index is 2.86. The zero-order chi connectivity index (χ0) is 12.2. The fraction of sp³-hybridized carbons (Fsp3) is 0.800. The second-order valence-electron chi connectivity index (χ2n) is 4.40. The Labute approximate surface area is 95.4 Å². The molecule has 0 unspecified atom stereocenters. The van der Waals surface area contributed by atoms with Crippen LogP contribution in [0.3, 0.4) is 0 Å². The van der Waals surface area contributed by atoms with Crippen molar-refractivity contribution in [3.8, 4) is 0 Å². The number of rotatable bonds is 6. The number of hydrogen-bond donors (Lipinski definition) is 2. The van der Waals surface area contributed by atoms with Gasteiger partial charge in [-0.15, -0.1) is 5.10 Å². The minimum absolute atomic E-state index is 0.352. The van der Waals surface area contributed by atoms with Gasteiger partial charge in [0.2, 0.25) is 0 Å². The van der Waals surface area contributed by atoms with Crippen LogP contribution in [0.4, 0.5) is 0 Å². The highest BCUT2D eigenvalue weighted by Gasteiger charge is 2.18. The molecule has 0 aliphatic carbocycles. The average molecular weight is 228 g/mol. The van der Waals surface area contributed by atoms with Crippen LogP contribution in [0.2, 0.25) is 0 Å². The van der Waals surface area contributed by atoms with E-state index in [4.69, 9.17) is 10.5 Å². The third-order valence-corrected chi connectivity index (χ3v) is 2.19. The topological polar surface area (TPSA) is 86.2 Å². The quantitative estimate of drug-likeness (QED) is 0.698. The molecule has 6 nitrogen and oxygen atoms in total. The summed E-state index contributed by atoms with van der Waals surface area (Å²) in [6.07, 6.45) is 0.701. The van der Waals surface area contributed by atoms with Crippen molar-refractivity contribution < 1.29 is 9.84 Å². The summed E-state index contributed by atoms with van der Waals surface area (Å²) in [5.41, 5.74) is 6.46. The molecule has 0 saturated carbocycles. The molecule has 1 aromatic rings. The Hall–Kier alpha value is -0.980. The summed E-state index contributed by atoms with van der Waals surface area (Å²) < 4.78 is 6.72. The molecule has 0 bridgehead atoms. The lowest BCUT2D eigenvalue weighted by atomic mass is 10.1. The molecule has 6 heteroatoms. The molecule has 0 atom stereocenters. The summed E-state index contributed by atoms with van der Waals surface area (Å²) in [6.45, 7) is 4.81. The van der Waals surface area contributed by atoms with Crippen LogP contribution < -0.4 is 5.73 Å². The van der Waals surface area contributed by atoms with Crippen molar-refractivity contribution in [1.82, 2.24) is 15.0 Å². The van der Waals surface area contributed by atoms with E-state index in [-0.39, 0.29) is 0 Å². The minimum Gasteiger partial charge on any atom is -0.389 e. The molecule has 0 amide bonds. The van der Waals surface area contributed by atoms with E-state index in [0.29, 0.717) is 26.1 Å². The molecule has 1 rings (SSSR count). The molecule has 0 aliphatic heterocycles. The maximum absolute atomic E-state index is 9.75. The van der Waals surface area contributed by atoms with Crippen molar-refractivity contribution in [2.45, 2.75) is 39.0 Å². The lowest BCUT2D eigenvalue weighted by molar-refractivity contribution is 0.0558. The average Bonchev–Trinajstić information content (AvgIpc) is 2.55. The summed E-state index contributed by atoms with van der Waals surface area (Å²) in [5.74, 6) is 0. The maximum Gasteiger partial charge on any atom is 0.0995 e. The minimum atomic E-state index is -0.818. The van der Waals surface area contributed by atoms with Crippen LogP contribution in [-0.4, -0.2) is 39.4 Å². The van der Waals surface area contributed by atoms with Gasteiger partial charge in [0.05, 0.1) is 30.1 Å². The number of nitrogens with two attached hydrogens (primary N) is 1. The molecular formula is C10H20N4O2. The monoisotopic (exact) mass is 228 g/mol. The van der Waals surface area contributed by atoms with E-state index in [0.717, 1.165) is 11.4 Å². The van der Waals surface area contributed by atoms with Gasteiger partial charge in [0, 0.05) is 20.1 Å². The van der Waals surface area contributed by atoms with E-state index in [1.165, 1.54) is 0 Å². The van der Waals surface area contributed by atoms with Crippen molar-refractivity contribution in [2.75, 3.05) is 13.7 Å². The number of nitrogens with zero attached hydrogens (tertiary/aromatic N) is 3. The van der Waals surface area contributed by atoms with E-state index in [2.05, 4.69) is 10.3 Å². The maximum atomic E-state index is 9.75. The van der Waals surface area contributed by atoms with Crippen molar-refractivity contribution in [3.05, 3.63) is 11.4 Å². The van der Waals surface area contributed by atoms with Crippen LogP contribution in [-0.2, 0) is 24.2 Å². The fourth-order valence-corrected chi connectivity index (χ4v) is 1.49. The molecule has 0 saturated heterocycles. The SMILES string of the molecule is COCCc1c(CN)nnn1CC(C)(C)O. The van der Waals surface area contributed by atoms with Gasteiger partial charge < -0.3 is 15.6 Å². The van der Waals surface area contributed by atoms with Crippen molar-refractivity contribution in [2.24, 2.45) is 5.73 Å². The number of aromatic nitrogens is 3. The van der Waals surface area contributed by atoms with Crippen LogP contribution in [0.15, 0.2) is 0 Å². The number of methoxy groups -OCH3 is 1. The first-order chi connectivity index (χ1) is 7.48. The Morgan fingerprint density at radius 3 is 2.69 bits per heavy atom. The van der Waals surface area contributed by atoms with Crippen molar-refractivity contribution >= 4 is 0 Å². The summed E-state index contributed by atoms with van der Waals surface area (Å²) in [7, 11) is 1.65. The number of hydrogen-bond acceptors (Lipinski definition) is 5. The highest BCUT2D eigenvalue weighted by atomic mass is 16.5. The molecule has 92 valence electrons. The molecule has 1 heterocycles. The van der Waals surface area contributed by atoms with E-state index in [9.17, 15) is 5.11 Å². The molecule has 1 aromatic heterocycles. The van der Waals surface area contributed by atoms with Gasteiger partial charge in [0.1, 0.15) is 0 Å². The number of ether oxygens (including phenoxy) is 1. The normalized spacial score (nSPS) is 12.1. The van der Waals surface area contributed by atoms with Crippen LogP contribution in [0.25, 0.3) is 0 Å². The first-order valence-electron chi connectivity index (χ1n) is 5.30. The molecule has 0 aromatic carbocycles. The van der Waals surface area contributed by atoms with E-state index in [1.54, 1.807) is 25.6 Å². The summed E-state index contributed by atoms with van der Waals surface area (Å²) >= 11 is 0. The number of aliphatic hydroxyl groups is 1. The Bertz CT molecular complexity index is 330. The molecule has 0 spiro atoms. The van der Waals surface area contributed by atoms with Gasteiger partial charge in [0.25, 0.3) is 0 Å². The van der Waals surface area contributed by atoms with Crippen LogP contribution in [0, 0.1) is 0 Å². The summed E-state index contributed by atoms with van der Waals surface area (Å²) in [5, 5.41) is 17.7. The third-order valence-electron chi connectivity index (χ3n) is 2.19. The van der Waals surface area contributed by atoms with Gasteiger partial charge in [-0.25, -0.2) is 4.68 Å². The van der Waals surface area contributed by atoms with Gasteiger partial charge in [-0.2, -0.15) is 0 Å². The van der Waals surface area contributed by atoms with Crippen molar-refractivity contribution in [1.29, 1.82) is 0 Å². The highest BCUT2D eigenvalue weighted by molar-refractivity contribution is 5.10. The fourth-order valence-electron chi connectivity index (χ4n) is 1.49. The Kier molecular flexibility index (Phi) is 4.40. The van der Waals surface area contributed by atoms with E-state index >= 15 is 0 Å². The zero-order valence-corrected chi connectivity index (χ0v) is 10.1. The first kappa shape index (κ1) is 13.1. The highest BCUT2D eigenvalue weighted by Crippen LogP contribution is 2.11. The lowest BCUT2D eigenvalue weighted by Crippen LogP contribution is -2.28.